The van der Waals surface area contributed by atoms with Gasteiger partial charge < -0.3 is 14.8 Å². The fraction of sp³-hybridized carbons (Fsp3) is 0.222. The third-order valence-corrected chi connectivity index (χ3v) is 6.39. The molecule has 0 fully saturated rings. The zero-order valence-electron chi connectivity index (χ0n) is 19.4. The van der Waals surface area contributed by atoms with E-state index < -0.39 is 5.82 Å². The van der Waals surface area contributed by atoms with Crippen molar-refractivity contribution in [2.24, 2.45) is 0 Å². The van der Waals surface area contributed by atoms with E-state index in [-0.39, 0.29) is 17.3 Å². The lowest BCUT2D eigenvalue weighted by Crippen LogP contribution is -2.33. The molecular weight excluding hydrogens is 431 g/mol. The second kappa shape index (κ2) is 8.41. The minimum atomic E-state index is -0.429. The summed E-state index contributed by atoms with van der Waals surface area (Å²) in [6.45, 7) is 2.49. The molecule has 0 saturated heterocycles. The number of hydrogen-bond acceptors (Lipinski definition) is 3. The molecule has 2 aromatic carbocycles. The molecule has 6 nitrogen and oxygen atoms in total. The van der Waals surface area contributed by atoms with Gasteiger partial charge in [0.2, 0.25) is 5.91 Å². The molecule has 0 aliphatic carbocycles. The first-order chi connectivity index (χ1) is 16.3. The monoisotopic (exact) mass is 456 g/mol. The molecule has 1 N–H and O–H groups in total. The standard InChI is InChI=1S/C27H25FN4O2/c1-16(33)32-10-6-8-18(15-32)20-11-21(23-14-29-13-17-7-4-5-9-19(17)23)22-12-24(27(34)31(2)3)30-26(22)25(20)28/h4-5,7-9,11-14,30H,6,10,15H2,1-3H3. The minimum Gasteiger partial charge on any atom is -0.348 e. The van der Waals surface area contributed by atoms with Crippen molar-refractivity contribution in [2.45, 2.75) is 13.3 Å². The molecule has 3 heterocycles. The number of pyridine rings is 1. The predicted octanol–water partition coefficient (Wildman–Crippen LogP) is 4.86. The fourth-order valence-electron chi connectivity index (χ4n) is 4.61. The molecule has 2 aromatic heterocycles. The largest absolute Gasteiger partial charge is 0.348 e. The summed E-state index contributed by atoms with van der Waals surface area (Å²) in [7, 11) is 3.32. The number of rotatable bonds is 3. The Hall–Kier alpha value is -4.00. The Morgan fingerprint density at radius 1 is 1.06 bits per heavy atom. The number of aromatic amines is 1. The van der Waals surface area contributed by atoms with E-state index in [4.69, 9.17) is 0 Å². The van der Waals surface area contributed by atoms with Crippen molar-refractivity contribution in [1.82, 2.24) is 19.8 Å². The van der Waals surface area contributed by atoms with Crippen LogP contribution >= 0.6 is 0 Å². The van der Waals surface area contributed by atoms with Crippen LogP contribution in [-0.2, 0) is 4.79 Å². The molecule has 1 aliphatic rings. The van der Waals surface area contributed by atoms with Gasteiger partial charge in [-0.15, -0.1) is 0 Å². The zero-order valence-corrected chi connectivity index (χ0v) is 19.4. The number of halogens is 1. The van der Waals surface area contributed by atoms with Crippen LogP contribution in [0, 0.1) is 5.82 Å². The van der Waals surface area contributed by atoms with Crippen LogP contribution in [0.5, 0.6) is 0 Å². The minimum absolute atomic E-state index is 0.0377. The van der Waals surface area contributed by atoms with Gasteiger partial charge in [0, 0.05) is 68.4 Å². The Bertz CT molecular complexity index is 1480. The summed E-state index contributed by atoms with van der Waals surface area (Å²) < 4.78 is 16.0. The van der Waals surface area contributed by atoms with Crippen LogP contribution in [0.1, 0.15) is 29.4 Å². The summed E-state index contributed by atoms with van der Waals surface area (Å²) in [6.07, 6.45) is 6.22. The average Bonchev–Trinajstić information content (AvgIpc) is 3.29. The number of hydrogen-bond donors (Lipinski definition) is 1. The van der Waals surface area contributed by atoms with Gasteiger partial charge in [-0.05, 0) is 35.1 Å². The van der Waals surface area contributed by atoms with Crippen LogP contribution < -0.4 is 0 Å². The maximum absolute atomic E-state index is 16.0. The third-order valence-electron chi connectivity index (χ3n) is 6.39. The maximum atomic E-state index is 16.0. The highest BCUT2D eigenvalue weighted by Crippen LogP contribution is 2.39. The predicted molar refractivity (Wildman–Crippen MR) is 132 cm³/mol. The zero-order chi connectivity index (χ0) is 24.0. The van der Waals surface area contributed by atoms with Gasteiger partial charge in [0.15, 0.2) is 5.82 Å². The second-order valence-corrected chi connectivity index (χ2v) is 8.82. The average molecular weight is 457 g/mol. The third kappa shape index (κ3) is 3.63. The highest BCUT2D eigenvalue weighted by molar-refractivity contribution is 6.08. The molecule has 0 atom stereocenters. The number of nitrogens with zero attached hydrogens (tertiary/aromatic N) is 3. The molecule has 0 radical (unpaired) electrons. The second-order valence-electron chi connectivity index (χ2n) is 8.82. The van der Waals surface area contributed by atoms with E-state index >= 15 is 4.39 Å². The quantitative estimate of drug-likeness (QED) is 0.479. The molecule has 0 spiro atoms. The summed E-state index contributed by atoms with van der Waals surface area (Å²) in [4.78, 5) is 35.3. The topological polar surface area (TPSA) is 69.3 Å². The van der Waals surface area contributed by atoms with Gasteiger partial charge in [0.1, 0.15) is 5.69 Å². The number of benzene rings is 2. The van der Waals surface area contributed by atoms with Crippen LogP contribution in [-0.4, -0.2) is 58.8 Å². The van der Waals surface area contributed by atoms with Crippen LogP contribution in [0.3, 0.4) is 0 Å². The number of H-pyrrole nitrogens is 1. The van der Waals surface area contributed by atoms with Crippen molar-refractivity contribution in [3.05, 3.63) is 71.9 Å². The van der Waals surface area contributed by atoms with Crippen LogP contribution in [0.4, 0.5) is 4.39 Å². The molecule has 0 saturated carbocycles. The molecule has 172 valence electrons. The van der Waals surface area contributed by atoms with E-state index in [0.29, 0.717) is 36.2 Å². The Morgan fingerprint density at radius 2 is 1.85 bits per heavy atom. The van der Waals surface area contributed by atoms with Crippen molar-refractivity contribution in [1.29, 1.82) is 0 Å². The van der Waals surface area contributed by atoms with Gasteiger partial charge in [-0.1, -0.05) is 30.3 Å². The van der Waals surface area contributed by atoms with Gasteiger partial charge in [-0.25, -0.2) is 4.39 Å². The Morgan fingerprint density at radius 3 is 2.62 bits per heavy atom. The van der Waals surface area contributed by atoms with Crippen molar-refractivity contribution >= 4 is 39.1 Å². The Labute approximate surface area is 196 Å². The smallest absolute Gasteiger partial charge is 0.269 e. The molecule has 7 heteroatoms. The normalized spacial score (nSPS) is 13.9. The van der Waals surface area contributed by atoms with Crippen molar-refractivity contribution in [2.75, 3.05) is 27.2 Å². The number of carbonyl (C=O) groups excluding carboxylic acids is 2. The highest BCUT2D eigenvalue weighted by Gasteiger charge is 2.24. The first kappa shape index (κ1) is 21.8. The molecule has 4 aromatic rings. The summed E-state index contributed by atoms with van der Waals surface area (Å²) in [5.74, 6) is -0.704. The van der Waals surface area contributed by atoms with Crippen molar-refractivity contribution in [3.8, 4) is 11.1 Å². The summed E-state index contributed by atoms with van der Waals surface area (Å²) >= 11 is 0. The van der Waals surface area contributed by atoms with Gasteiger partial charge in [-0.2, -0.15) is 0 Å². The van der Waals surface area contributed by atoms with Crippen molar-refractivity contribution in [3.63, 3.8) is 0 Å². The van der Waals surface area contributed by atoms with Gasteiger partial charge >= 0.3 is 0 Å². The lowest BCUT2D eigenvalue weighted by molar-refractivity contribution is -0.128. The van der Waals surface area contributed by atoms with E-state index in [1.54, 1.807) is 37.5 Å². The van der Waals surface area contributed by atoms with Gasteiger partial charge in [0.25, 0.3) is 5.91 Å². The number of fused-ring (bicyclic) bond motifs is 2. The van der Waals surface area contributed by atoms with Crippen LogP contribution in [0.2, 0.25) is 0 Å². The molecule has 1 aliphatic heterocycles. The van der Waals surface area contributed by atoms with Crippen LogP contribution in [0.15, 0.2) is 54.9 Å². The van der Waals surface area contributed by atoms with Crippen LogP contribution in [0.25, 0.3) is 38.4 Å². The Kier molecular flexibility index (Phi) is 5.40. The molecular formula is C27H25FN4O2. The van der Waals surface area contributed by atoms with E-state index in [0.717, 1.165) is 27.5 Å². The molecule has 34 heavy (non-hydrogen) atoms. The van der Waals surface area contributed by atoms with Gasteiger partial charge in [0.05, 0.1) is 5.52 Å². The highest BCUT2D eigenvalue weighted by atomic mass is 19.1. The summed E-state index contributed by atoms with van der Waals surface area (Å²) in [5.41, 5.74) is 3.40. The SMILES string of the molecule is CC(=O)N1CCC=C(c2cc(-c3cncc4ccccc34)c3cc(C(=O)N(C)C)[nH]c3c2F)C1. The van der Waals surface area contributed by atoms with E-state index in [1.807, 2.05) is 36.4 Å². The van der Waals surface area contributed by atoms with E-state index in [2.05, 4.69) is 9.97 Å². The lowest BCUT2D eigenvalue weighted by atomic mass is 9.92. The van der Waals surface area contributed by atoms with E-state index in [9.17, 15) is 9.59 Å². The van der Waals surface area contributed by atoms with Gasteiger partial charge in [-0.3, -0.25) is 14.6 Å². The Balaban J connectivity index is 1.80. The summed E-state index contributed by atoms with van der Waals surface area (Å²) in [6, 6.07) is 11.4. The number of carbonyl (C=O) groups is 2. The lowest BCUT2D eigenvalue weighted by Gasteiger charge is -2.27. The molecule has 2 amide bonds. The summed E-state index contributed by atoms with van der Waals surface area (Å²) in [5, 5.41) is 2.57. The molecule has 5 rings (SSSR count). The first-order valence-corrected chi connectivity index (χ1v) is 11.2. The van der Waals surface area contributed by atoms with E-state index in [1.165, 1.54) is 11.8 Å². The molecule has 0 unspecified atom stereocenters. The molecule has 0 bridgehead atoms. The first-order valence-electron chi connectivity index (χ1n) is 11.2. The van der Waals surface area contributed by atoms with Crippen molar-refractivity contribution < 1.29 is 14.0 Å². The number of nitrogens with one attached hydrogen (secondary N) is 1. The number of aromatic nitrogens is 2. The maximum Gasteiger partial charge on any atom is 0.269 e. The number of amides is 2. The fourth-order valence-corrected chi connectivity index (χ4v) is 4.61.